The summed E-state index contributed by atoms with van der Waals surface area (Å²) >= 11 is 0. The van der Waals surface area contributed by atoms with Crippen molar-refractivity contribution in [3.63, 3.8) is 0 Å². The smallest absolute Gasteiger partial charge is 0.320 e. The minimum Gasteiger partial charge on any atom is -0.480 e. The van der Waals surface area contributed by atoms with Crippen LogP contribution in [0.25, 0.3) is 0 Å². The Morgan fingerprint density at radius 1 is 1.22 bits per heavy atom. The lowest BCUT2D eigenvalue weighted by molar-refractivity contribution is -0.140. The van der Waals surface area contributed by atoms with Crippen molar-refractivity contribution >= 4 is 5.97 Å². The third-order valence-corrected chi connectivity index (χ3v) is 3.05. The fourth-order valence-electron chi connectivity index (χ4n) is 2.02. The van der Waals surface area contributed by atoms with Crippen LogP contribution in [0.4, 0.5) is 0 Å². The van der Waals surface area contributed by atoms with E-state index in [0.717, 1.165) is 13.0 Å². The van der Waals surface area contributed by atoms with E-state index in [1.165, 1.54) is 5.56 Å². The second-order valence-corrected chi connectivity index (χ2v) is 5.26. The first kappa shape index (κ1) is 14.7. The second-order valence-electron chi connectivity index (χ2n) is 5.26. The fraction of sp³-hybridized carbons (Fsp3) is 0.533. The normalized spacial score (nSPS) is 14.4. The molecule has 0 amide bonds. The molecule has 1 unspecified atom stereocenters. The van der Waals surface area contributed by atoms with Crippen LogP contribution in [0.5, 0.6) is 0 Å². The molecule has 1 aromatic rings. The third kappa shape index (κ3) is 4.88. The Morgan fingerprint density at radius 3 is 2.33 bits per heavy atom. The highest BCUT2D eigenvalue weighted by Crippen LogP contribution is 2.09. The summed E-state index contributed by atoms with van der Waals surface area (Å²) in [5.41, 5.74) is 1.29. The number of rotatable bonds is 7. The number of benzene rings is 1. The van der Waals surface area contributed by atoms with Gasteiger partial charge in [-0.2, -0.15) is 0 Å². The highest BCUT2D eigenvalue weighted by atomic mass is 16.4. The topological polar surface area (TPSA) is 49.3 Å². The fourth-order valence-corrected chi connectivity index (χ4v) is 2.02. The molecular weight excluding hydrogens is 226 g/mol. The quantitative estimate of drug-likeness (QED) is 0.781. The van der Waals surface area contributed by atoms with E-state index in [-0.39, 0.29) is 5.92 Å². The number of aliphatic carboxylic acids is 1. The van der Waals surface area contributed by atoms with Crippen molar-refractivity contribution in [2.45, 2.75) is 33.2 Å². The summed E-state index contributed by atoms with van der Waals surface area (Å²) in [6, 6.07) is 9.82. The Kier molecular flexibility index (Phi) is 5.86. The van der Waals surface area contributed by atoms with Crippen molar-refractivity contribution in [3.8, 4) is 0 Å². The van der Waals surface area contributed by atoms with E-state index >= 15 is 0 Å². The Labute approximate surface area is 109 Å². The zero-order valence-electron chi connectivity index (χ0n) is 11.4. The van der Waals surface area contributed by atoms with Gasteiger partial charge in [-0.25, -0.2) is 0 Å². The number of carbonyl (C=O) groups is 1. The lowest BCUT2D eigenvalue weighted by Gasteiger charge is -2.20. The summed E-state index contributed by atoms with van der Waals surface area (Å²) in [7, 11) is 0. The largest absolute Gasteiger partial charge is 0.480 e. The Bertz CT molecular complexity index is 362. The molecule has 3 heteroatoms. The standard InChI is InChI=1S/C15H23NO2/c1-11(2)14(15(17)18)16-10-12(3)9-13-7-5-4-6-8-13/h4-8,11-12,14,16H,9-10H2,1-3H3,(H,17,18)/t12?,14-/m1/s1. The lowest BCUT2D eigenvalue weighted by atomic mass is 9.99. The summed E-state index contributed by atoms with van der Waals surface area (Å²) < 4.78 is 0. The van der Waals surface area contributed by atoms with Gasteiger partial charge in [-0.05, 0) is 30.4 Å². The highest BCUT2D eigenvalue weighted by Gasteiger charge is 2.21. The maximum atomic E-state index is 11.0. The van der Waals surface area contributed by atoms with Gasteiger partial charge in [0.1, 0.15) is 6.04 Å². The zero-order chi connectivity index (χ0) is 13.5. The molecule has 0 aliphatic rings. The summed E-state index contributed by atoms with van der Waals surface area (Å²) in [4.78, 5) is 11.0. The summed E-state index contributed by atoms with van der Waals surface area (Å²) in [6.45, 7) is 6.71. The van der Waals surface area contributed by atoms with Crippen LogP contribution in [0.1, 0.15) is 26.3 Å². The van der Waals surface area contributed by atoms with Gasteiger partial charge in [0.2, 0.25) is 0 Å². The number of hydrogen-bond acceptors (Lipinski definition) is 2. The molecule has 0 fully saturated rings. The molecule has 0 aliphatic carbocycles. The van der Waals surface area contributed by atoms with Gasteiger partial charge in [-0.1, -0.05) is 51.1 Å². The van der Waals surface area contributed by atoms with Crippen molar-refractivity contribution < 1.29 is 9.90 Å². The molecule has 0 spiro atoms. The SMILES string of the molecule is CC(CN[C@@H](C(=O)O)C(C)C)Cc1ccccc1. The molecular formula is C15H23NO2. The van der Waals surface area contributed by atoms with Crippen LogP contribution in [-0.4, -0.2) is 23.7 Å². The van der Waals surface area contributed by atoms with Crippen molar-refractivity contribution in [1.82, 2.24) is 5.32 Å². The molecule has 0 bridgehead atoms. The first-order valence-corrected chi connectivity index (χ1v) is 6.50. The average Bonchev–Trinajstić information content (AvgIpc) is 2.29. The molecule has 0 radical (unpaired) electrons. The molecule has 18 heavy (non-hydrogen) atoms. The number of hydrogen-bond donors (Lipinski definition) is 2. The molecule has 100 valence electrons. The monoisotopic (exact) mass is 249 g/mol. The molecule has 2 N–H and O–H groups in total. The van der Waals surface area contributed by atoms with Gasteiger partial charge in [-0.3, -0.25) is 4.79 Å². The Morgan fingerprint density at radius 2 is 1.83 bits per heavy atom. The van der Waals surface area contributed by atoms with E-state index in [2.05, 4.69) is 24.4 Å². The van der Waals surface area contributed by atoms with E-state index < -0.39 is 12.0 Å². The van der Waals surface area contributed by atoms with Crippen molar-refractivity contribution in [1.29, 1.82) is 0 Å². The molecule has 0 aromatic heterocycles. The second kappa shape index (κ2) is 7.17. The van der Waals surface area contributed by atoms with Crippen LogP contribution in [0.3, 0.4) is 0 Å². The van der Waals surface area contributed by atoms with E-state index in [4.69, 9.17) is 5.11 Å². The van der Waals surface area contributed by atoms with E-state index in [9.17, 15) is 4.79 Å². The summed E-state index contributed by atoms with van der Waals surface area (Å²) in [5, 5.41) is 12.2. The van der Waals surface area contributed by atoms with E-state index in [1.54, 1.807) is 0 Å². The first-order chi connectivity index (χ1) is 8.50. The number of carboxylic acids is 1. The molecule has 0 heterocycles. The molecule has 1 aromatic carbocycles. The van der Waals surface area contributed by atoms with Gasteiger partial charge in [0.15, 0.2) is 0 Å². The van der Waals surface area contributed by atoms with Crippen LogP contribution < -0.4 is 5.32 Å². The lowest BCUT2D eigenvalue weighted by Crippen LogP contribution is -2.43. The summed E-state index contributed by atoms with van der Waals surface area (Å²) in [5.74, 6) is -0.240. The Balaban J connectivity index is 2.41. The van der Waals surface area contributed by atoms with Crippen LogP contribution in [0, 0.1) is 11.8 Å². The van der Waals surface area contributed by atoms with Gasteiger partial charge in [0.05, 0.1) is 0 Å². The summed E-state index contributed by atoms with van der Waals surface area (Å²) in [6.07, 6.45) is 0.971. The molecule has 0 saturated carbocycles. The van der Waals surface area contributed by atoms with Gasteiger partial charge in [0.25, 0.3) is 0 Å². The third-order valence-electron chi connectivity index (χ3n) is 3.05. The van der Waals surface area contributed by atoms with Crippen LogP contribution in [-0.2, 0) is 11.2 Å². The minimum absolute atomic E-state index is 0.103. The van der Waals surface area contributed by atoms with Gasteiger partial charge in [-0.15, -0.1) is 0 Å². The number of nitrogens with one attached hydrogen (secondary N) is 1. The van der Waals surface area contributed by atoms with E-state index in [0.29, 0.717) is 5.92 Å². The predicted molar refractivity (Wildman–Crippen MR) is 73.6 cm³/mol. The molecule has 1 rings (SSSR count). The van der Waals surface area contributed by atoms with Crippen LogP contribution in [0.15, 0.2) is 30.3 Å². The number of carboxylic acid groups (broad SMARTS) is 1. The molecule has 0 aliphatic heterocycles. The van der Waals surface area contributed by atoms with Gasteiger partial charge >= 0.3 is 5.97 Å². The molecule has 2 atom stereocenters. The average molecular weight is 249 g/mol. The van der Waals surface area contributed by atoms with Crippen LogP contribution in [0.2, 0.25) is 0 Å². The van der Waals surface area contributed by atoms with Crippen molar-refractivity contribution in [2.75, 3.05) is 6.54 Å². The first-order valence-electron chi connectivity index (χ1n) is 6.50. The molecule has 3 nitrogen and oxygen atoms in total. The van der Waals surface area contributed by atoms with Gasteiger partial charge < -0.3 is 10.4 Å². The molecule has 0 saturated heterocycles. The highest BCUT2D eigenvalue weighted by molar-refractivity contribution is 5.73. The zero-order valence-corrected chi connectivity index (χ0v) is 11.4. The van der Waals surface area contributed by atoms with Crippen LogP contribution >= 0.6 is 0 Å². The minimum atomic E-state index is -0.767. The van der Waals surface area contributed by atoms with Crippen molar-refractivity contribution in [2.24, 2.45) is 11.8 Å². The maximum absolute atomic E-state index is 11.0. The maximum Gasteiger partial charge on any atom is 0.320 e. The van der Waals surface area contributed by atoms with E-state index in [1.807, 2.05) is 32.0 Å². The van der Waals surface area contributed by atoms with Crippen molar-refractivity contribution in [3.05, 3.63) is 35.9 Å². The Hall–Kier alpha value is -1.35. The predicted octanol–water partition coefficient (Wildman–Crippen LogP) is 2.56. The van der Waals surface area contributed by atoms with Gasteiger partial charge in [0, 0.05) is 0 Å².